The number of fused-ring (bicyclic) bond motifs is 1. The predicted octanol–water partition coefficient (Wildman–Crippen LogP) is 8.07. The lowest BCUT2D eigenvalue weighted by molar-refractivity contribution is -0.163. The zero-order valence-corrected chi connectivity index (χ0v) is 34.1. The number of aliphatic imine (C=N–C) groups is 1. The summed E-state index contributed by atoms with van der Waals surface area (Å²) in [6.07, 6.45) is 11.3. The van der Waals surface area contributed by atoms with Gasteiger partial charge in [0.25, 0.3) is 0 Å². The van der Waals surface area contributed by atoms with Gasteiger partial charge >= 0.3 is 6.03 Å². The Kier molecular flexibility index (Phi) is 14.3. The molecule has 2 amide bonds. The first kappa shape index (κ1) is 41.8. The number of carbonyl (C=O) groups excluding carboxylic acids is 1. The van der Waals surface area contributed by atoms with E-state index in [0.717, 1.165) is 69.3 Å². The summed E-state index contributed by atoms with van der Waals surface area (Å²) in [7, 11) is 0. The Labute approximate surface area is 340 Å². The zero-order valence-electron chi connectivity index (χ0n) is 33.3. The van der Waals surface area contributed by atoms with Crippen molar-refractivity contribution in [2.24, 2.45) is 16.1 Å². The highest BCUT2D eigenvalue weighted by Gasteiger charge is 2.30. The van der Waals surface area contributed by atoms with Crippen LogP contribution < -0.4 is 31.3 Å². The summed E-state index contributed by atoms with van der Waals surface area (Å²) in [5, 5.41) is 23.8. The quantitative estimate of drug-likeness (QED) is 0.0741. The van der Waals surface area contributed by atoms with E-state index in [1.807, 2.05) is 49.9 Å². The predicted molar refractivity (Wildman–Crippen MR) is 222 cm³/mol. The molecule has 1 unspecified atom stereocenters. The molecule has 0 saturated carbocycles. The van der Waals surface area contributed by atoms with Crippen molar-refractivity contribution in [2.75, 3.05) is 32.9 Å². The van der Waals surface area contributed by atoms with E-state index < -0.39 is 6.03 Å². The van der Waals surface area contributed by atoms with Gasteiger partial charge in [-0.25, -0.2) is 9.79 Å². The Hall–Kier alpha value is -4.85. The Balaban J connectivity index is 1.12. The van der Waals surface area contributed by atoms with Crippen molar-refractivity contribution in [3.8, 4) is 11.5 Å². The number of benzene rings is 2. The molecule has 0 radical (unpaired) electrons. The normalized spacial score (nSPS) is 20.4. The Morgan fingerprint density at radius 2 is 1.81 bits per heavy atom. The number of urea groups is 1. The average molecular weight is 801 g/mol. The molecule has 306 valence electrons. The molecular weight excluding hydrogens is 744 g/mol. The highest BCUT2D eigenvalue weighted by Crippen LogP contribution is 2.39. The smallest absolute Gasteiger partial charge is 0.320 e. The minimum Gasteiger partial charge on any atom is -0.492 e. The Bertz CT molecular complexity index is 1980. The van der Waals surface area contributed by atoms with Crippen molar-refractivity contribution in [1.29, 1.82) is 10.8 Å². The molecule has 2 saturated heterocycles. The van der Waals surface area contributed by atoms with Crippen LogP contribution >= 0.6 is 11.6 Å². The lowest BCUT2D eigenvalue weighted by atomic mass is 9.85. The zero-order chi connectivity index (χ0) is 40.4. The molecule has 57 heavy (non-hydrogen) atoms. The Morgan fingerprint density at radius 3 is 2.56 bits per heavy atom. The molecule has 3 aliphatic rings. The first-order valence-corrected chi connectivity index (χ1v) is 20.5. The van der Waals surface area contributed by atoms with Gasteiger partial charge < -0.3 is 34.9 Å². The van der Waals surface area contributed by atoms with Crippen LogP contribution in [-0.4, -0.2) is 66.5 Å². The number of pyridine rings is 1. The van der Waals surface area contributed by atoms with E-state index >= 15 is 0 Å². The molecule has 2 fully saturated rings. The lowest BCUT2D eigenvalue weighted by Gasteiger charge is -2.33. The molecule has 14 heteroatoms. The van der Waals surface area contributed by atoms with Crippen LogP contribution in [0.5, 0.6) is 11.5 Å². The molecule has 6 N–H and O–H groups in total. The maximum Gasteiger partial charge on any atom is 0.320 e. The molecular formula is C43H57ClN8O5. The van der Waals surface area contributed by atoms with Gasteiger partial charge in [0.2, 0.25) is 5.96 Å². The number of nitrogens with one attached hydrogen (secondary N) is 4. The van der Waals surface area contributed by atoms with Crippen LogP contribution in [0.25, 0.3) is 0 Å². The van der Waals surface area contributed by atoms with Crippen molar-refractivity contribution in [2.45, 2.75) is 97.0 Å². The van der Waals surface area contributed by atoms with E-state index in [9.17, 15) is 4.79 Å². The molecule has 0 spiro atoms. The van der Waals surface area contributed by atoms with Gasteiger partial charge in [0.15, 0.2) is 6.29 Å². The second kappa shape index (κ2) is 19.5. The van der Waals surface area contributed by atoms with E-state index in [1.165, 1.54) is 0 Å². The van der Waals surface area contributed by atoms with Gasteiger partial charge in [0, 0.05) is 49.4 Å². The third-order valence-electron chi connectivity index (χ3n) is 10.4. The standard InChI is InChI=1S/C43H57ClN8O5/c1-43(2,3)37(45)27-39(48-29-15-17-33(44)36(26-29)54-24-11-25-56-40-14-7-10-23-55-40)50-42(53)49-34-18-19-35(32-13-6-5-12-31(32)34)57-30-16-20-38(46)52(28-30)41(47)51-21-8-4-9-22-51/h5-6,12-13,15-17,20,26-28,34-35,40,46-47H,4,7-11,14,18-19,21-25,45H2,1-3H3,(H2,48,49,50,53)/t34-,35+,40?/m0/s1. The molecule has 2 aliphatic heterocycles. The molecule has 3 atom stereocenters. The van der Waals surface area contributed by atoms with Gasteiger partial charge in [0.05, 0.1) is 36.2 Å². The average Bonchev–Trinajstić information content (AvgIpc) is 3.20. The third-order valence-corrected chi connectivity index (χ3v) is 10.7. The summed E-state index contributed by atoms with van der Waals surface area (Å²) in [4.78, 5) is 20.5. The highest BCUT2D eigenvalue weighted by atomic mass is 35.5. The van der Waals surface area contributed by atoms with E-state index in [2.05, 4.69) is 10.6 Å². The van der Waals surface area contributed by atoms with Crippen LogP contribution in [0.3, 0.4) is 0 Å². The summed E-state index contributed by atoms with van der Waals surface area (Å²) < 4.78 is 25.6. The maximum atomic E-state index is 13.7. The molecule has 2 aromatic carbocycles. The molecule has 1 aliphatic carbocycles. The van der Waals surface area contributed by atoms with Gasteiger partial charge in [-0.15, -0.1) is 0 Å². The minimum atomic E-state index is -0.429. The second-order valence-corrected chi connectivity index (χ2v) is 16.2. The number of allylic oxidation sites excluding steroid dienone is 1. The number of piperidine rings is 1. The molecule has 6 rings (SSSR count). The number of nitrogens with zero attached hydrogens (tertiary/aromatic N) is 3. The number of nitrogens with two attached hydrogens (primary N) is 1. The fraction of sp³-hybridized carbons (Fsp3) is 0.488. The largest absolute Gasteiger partial charge is 0.492 e. The van der Waals surface area contributed by atoms with Crippen LogP contribution in [0, 0.1) is 16.2 Å². The number of halogens is 1. The van der Waals surface area contributed by atoms with Crippen molar-refractivity contribution in [3.63, 3.8) is 0 Å². The summed E-state index contributed by atoms with van der Waals surface area (Å²) in [5.41, 5.74) is 9.34. The van der Waals surface area contributed by atoms with E-state index in [1.54, 1.807) is 47.2 Å². The number of amidine groups is 1. The topological polar surface area (TPSA) is 172 Å². The number of likely N-dealkylation sites (tertiary alicyclic amines) is 1. The third kappa shape index (κ3) is 11.6. The number of hydrogen-bond acceptors (Lipinski definition) is 9. The highest BCUT2D eigenvalue weighted by molar-refractivity contribution is 6.32. The van der Waals surface area contributed by atoms with Crippen LogP contribution in [0.15, 0.2) is 77.6 Å². The fourth-order valence-electron chi connectivity index (χ4n) is 7.05. The number of hydrogen-bond donors (Lipinski definition) is 5. The molecule has 13 nitrogen and oxygen atoms in total. The monoisotopic (exact) mass is 800 g/mol. The van der Waals surface area contributed by atoms with Crippen LogP contribution in [0.2, 0.25) is 5.02 Å². The number of carbonyl (C=O) groups is 1. The number of rotatable bonds is 11. The maximum absolute atomic E-state index is 13.7. The van der Waals surface area contributed by atoms with E-state index in [0.29, 0.717) is 66.3 Å². The van der Waals surface area contributed by atoms with Crippen LogP contribution in [0.4, 0.5) is 10.5 Å². The number of amides is 2. The molecule has 0 bridgehead atoms. The molecule has 3 heterocycles. The van der Waals surface area contributed by atoms with Crippen molar-refractivity contribution < 1.29 is 23.7 Å². The van der Waals surface area contributed by atoms with Crippen LogP contribution in [-0.2, 0) is 9.47 Å². The van der Waals surface area contributed by atoms with E-state index in [-0.39, 0.29) is 35.2 Å². The van der Waals surface area contributed by atoms with Gasteiger partial charge in [-0.1, -0.05) is 56.6 Å². The Morgan fingerprint density at radius 1 is 1.02 bits per heavy atom. The first-order valence-electron chi connectivity index (χ1n) is 20.1. The number of aromatic nitrogens is 1. The second-order valence-electron chi connectivity index (χ2n) is 15.8. The summed E-state index contributed by atoms with van der Waals surface area (Å²) in [5.74, 6) is 1.61. The lowest BCUT2D eigenvalue weighted by Crippen LogP contribution is -2.43. The van der Waals surface area contributed by atoms with Gasteiger partial charge in [-0.2, -0.15) is 0 Å². The minimum absolute atomic E-state index is 0.145. The van der Waals surface area contributed by atoms with E-state index in [4.69, 9.17) is 52.1 Å². The molecule has 3 aromatic rings. The first-order chi connectivity index (χ1) is 27.4. The number of ether oxygens (including phenoxy) is 4. The summed E-state index contributed by atoms with van der Waals surface area (Å²) in [6.45, 7) is 9.26. The molecule has 1 aromatic heterocycles. The summed E-state index contributed by atoms with van der Waals surface area (Å²) >= 11 is 6.49. The van der Waals surface area contributed by atoms with Gasteiger partial charge in [0.1, 0.15) is 28.9 Å². The van der Waals surface area contributed by atoms with Gasteiger partial charge in [-0.05, 0) is 86.8 Å². The van der Waals surface area contributed by atoms with Crippen molar-refractivity contribution in [1.82, 2.24) is 20.1 Å². The van der Waals surface area contributed by atoms with Crippen molar-refractivity contribution in [3.05, 3.63) is 94.2 Å². The fourth-order valence-corrected chi connectivity index (χ4v) is 7.22. The SMILES string of the molecule is CC(C)(C)C(N)=CC(=Nc1ccc(Cl)c(OCCCOC2CCCCO2)c1)NC(=O)N[C@H]1CC[C@@H](Oc2ccc(=N)n(C(=N)N3CCCCC3)c2)c2ccccc21. The summed E-state index contributed by atoms with van der Waals surface area (Å²) in [6, 6.07) is 15.9. The van der Waals surface area contributed by atoms with Gasteiger partial charge in [-0.3, -0.25) is 20.7 Å². The van der Waals surface area contributed by atoms with Crippen LogP contribution in [0.1, 0.15) is 102 Å². The van der Waals surface area contributed by atoms with Crippen molar-refractivity contribution >= 4 is 35.1 Å².